The molecule has 3 aromatic rings. The third kappa shape index (κ3) is 3.94. The van der Waals surface area contributed by atoms with E-state index in [1.165, 1.54) is 10.8 Å². The van der Waals surface area contributed by atoms with Crippen molar-refractivity contribution >= 4 is 43.3 Å². The van der Waals surface area contributed by atoms with Crippen LogP contribution in [0, 0.1) is 11.5 Å². The molecular weight excluding hydrogens is 343 g/mol. The Bertz CT molecular complexity index is 1030. The van der Waals surface area contributed by atoms with Crippen LogP contribution < -0.4 is 10.5 Å². The van der Waals surface area contributed by atoms with Crippen molar-refractivity contribution in [1.82, 2.24) is 0 Å². The summed E-state index contributed by atoms with van der Waals surface area (Å²) in [6, 6.07) is 23.2. The van der Waals surface area contributed by atoms with Crippen LogP contribution in [-0.4, -0.2) is 15.1 Å². The highest BCUT2D eigenvalue weighted by molar-refractivity contribution is 6.84. The number of rotatable bonds is 2. The van der Waals surface area contributed by atoms with Crippen LogP contribution in [0.15, 0.2) is 72.2 Å². The fourth-order valence-corrected chi connectivity index (χ4v) is 3.78. The van der Waals surface area contributed by atoms with Crippen molar-refractivity contribution in [3.05, 3.63) is 77.8 Å². The summed E-state index contributed by atoms with van der Waals surface area (Å²) < 4.78 is 0. The van der Waals surface area contributed by atoms with Gasteiger partial charge in [-0.3, -0.25) is 0 Å². The summed E-state index contributed by atoms with van der Waals surface area (Å²) >= 11 is 0. The fourth-order valence-electron chi connectivity index (χ4n) is 3.26. The van der Waals surface area contributed by atoms with Gasteiger partial charge in [-0.15, -0.1) is 5.54 Å². The van der Waals surface area contributed by atoms with Gasteiger partial charge in [-0.05, 0) is 29.2 Å². The van der Waals surface area contributed by atoms with Crippen molar-refractivity contribution in [2.24, 2.45) is 0 Å². The van der Waals surface area contributed by atoms with Crippen molar-refractivity contribution in [3.63, 3.8) is 0 Å². The molecule has 0 unspecified atom stereocenters. The number of nitrogens with one attached hydrogen (secondary N) is 2. The van der Waals surface area contributed by atoms with Gasteiger partial charge >= 0.3 is 6.98 Å². The topological polar surface area (TPSA) is 24.1 Å². The lowest BCUT2D eigenvalue weighted by atomic mass is 9.65. The highest BCUT2D eigenvalue weighted by Gasteiger charge is 2.27. The Morgan fingerprint density at radius 3 is 2.07 bits per heavy atom. The Labute approximate surface area is 162 Å². The van der Waals surface area contributed by atoms with Gasteiger partial charge in [-0.25, -0.2) is 0 Å². The summed E-state index contributed by atoms with van der Waals surface area (Å²) in [5.74, 6) is 3.49. The average molecular weight is 366 g/mol. The second-order valence-corrected chi connectivity index (χ2v) is 12.7. The van der Waals surface area contributed by atoms with Crippen LogP contribution in [0.3, 0.4) is 0 Å². The molecule has 0 saturated carbocycles. The van der Waals surface area contributed by atoms with Crippen LogP contribution in [-0.2, 0) is 0 Å². The van der Waals surface area contributed by atoms with E-state index in [2.05, 4.69) is 108 Å². The van der Waals surface area contributed by atoms with Crippen LogP contribution >= 0.6 is 0 Å². The van der Waals surface area contributed by atoms with E-state index in [0.29, 0.717) is 0 Å². The first-order chi connectivity index (χ1) is 13.0. The average Bonchev–Trinajstić information content (AvgIpc) is 2.65. The van der Waals surface area contributed by atoms with Crippen molar-refractivity contribution in [1.29, 1.82) is 0 Å². The third-order valence-corrected chi connectivity index (χ3v) is 5.39. The molecular formula is C23H23BN2Si. The highest BCUT2D eigenvalue weighted by atomic mass is 28.3. The third-order valence-electron chi connectivity index (χ3n) is 4.52. The van der Waals surface area contributed by atoms with E-state index in [1.807, 2.05) is 6.07 Å². The molecule has 2 N–H and O–H groups in total. The minimum absolute atomic E-state index is 0.0467. The molecule has 1 aliphatic heterocycles. The normalized spacial score (nSPS) is 13.4. The van der Waals surface area contributed by atoms with Gasteiger partial charge in [0.2, 0.25) is 0 Å². The summed E-state index contributed by atoms with van der Waals surface area (Å²) in [5.41, 5.74) is 8.07. The molecule has 4 heteroatoms. The predicted molar refractivity (Wildman–Crippen MR) is 122 cm³/mol. The first kappa shape index (κ1) is 17.5. The molecule has 4 rings (SSSR count). The lowest BCUT2D eigenvalue weighted by Crippen LogP contribution is -2.39. The molecule has 0 spiro atoms. The summed E-state index contributed by atoms with van der Waals surface area (Å²) in [7, 11) is -1.48. The second kappa shape index (κ2) is 7.02. The Morgan fingerprint density at radius 1 is 0.852 bits per heavy atom. The molecule has 0 saturated heterocycles. The van der Waals surface area contributed by atoms with Gasteiger partial charge in [0.25, 0.3) is 0 Å². The van der Waals surface area contributed by atoms with Gasteiger partial charge in [-0.2, -0.15) is 0 Å². The van der Waals surface area contributed by atoms with Crippen LogP contribution in [0.25, 0.3) is 16.8 Å². The van der Waals surface area contributed by atoms with E-state index in [0.717, 1.165) is 22.4 Å². The van der Waals surface area contributed by atoms with E-state index >= 15 is 0 Å². The van der Waals surface area contributed by atoms with Crippen molar-refractivity contribution in [2.45, 2.75) is 19.6 Å². The smallest absolute Gasteiger partial charge is 0.404 e. The zero-order chi connectivity index (χ0) is 18.9. The largest absolute Gasteiger partial charge is 0.414 e. The molecule has 0 radical (unpaired) electrons. The standard InChI is InChI=1S/C23H23BN2Si/c1-27(2,3)16-15-20(17-18-9-5-4-6-10-18)24-25-21-13-7-11-19-12-8-14-22(26-24)23(19)21/h4-14,17,25-26H,1-3H3/b20-17+. The fraction of sp³-hybridized carbons (Fsp3) is 0.130. The van der Waals surface area contributed by atoms with Crippen LogP contribution in [0.1, 0.15) is 5.56 Å². The molecule has 27 heavy (non-hydrogen) atoms. The zero-order valence-corrected chi connectivity index (χ0v) is 17.0. The van der Waals surface area contributed by atoms with Gasteiger partial charge in [0.05, 0.1) is 0 Å². The lowest BCUT2D eigenvalue weighted by molar-refractivity contribution is 1.59. The van der Waals surface area contributed by atoms with Gasteiger partial charge in [0.15, 0.2) is 0 Å². The Morgan fingerprint density at radius 2 is 1.48 bits per heavy atom. The summed E-state index contributed by atoms with van der Waals surface area (Å²) in [5, 5.41) is 9.79. The van der Waals surface area contributed by atoms with E-state index in [4.69, 9.17) is 0 Å². The van der Waals surface area contributed by atoms with E-state index in [9.17, 15) is 0 Å². The van der Waals surface area contributed by atoms with Gasteiger partial charge < -0.3 is 10.5 Å². The minimum Gasteiger partial charge on any atom is -0.404 e. The quantitative estimate of drug-likeness (QED) is 0.451. The van der Waals surface area contributed by atoms with Gasteiger partial charge in [0, 0.05) is 22.2 Å². The molecule has 0 bridgehead atoms. The first-order valence-electron chi connectivity index (χ1n) is 9.34. The van der Waals surface area contributed by atoms with Crippen LogP contribution in [0.2, 0.25) is 19.6 Å². The van der Waals surface area contributed by atoms with Gasteiger partial charge in [-0.1, -0.05) is 80.2 Å². The van der Waals surface area contributed by atoms with Crippen LogP contribution in [0.5, 0.6) is 0 Å². The molecule has 132 valence electrons. The lowest BCUT2D eigenvalue weighted by Gasteiger charge is -2.27. The molecule has 3 aromatic carbocycles. The zero-order valence-electron chi connectivity index (χ0n) is 16.0. The Kier molecular flexibility index (Phi) is 4.55. The molecule has 0 fully saturated rings. The number of hydrogen-bond acceptors (Lipinski definition) is 2. The molecule has 1 aliphatic rings. The number of benzene rings is 3. The maximum Gasteiger partial charge on any atom is 0.414 e. The second-order valence-electron chi connectivity index (χ2n) is 7.94. The van der Waals surface area contributed by atoms with E-state index in [1.54, 1.807) is 0 Å². The van der Waals surface area contributed by atoms with Crippen LogP contribution in [0.4, 0.5) is 11.4 Å². The molecule has 0 amide bonds. The minimum atomic E-state index is -1.48. The molecule has 0 aliphatic carbocycles. The maximum atomic E-state index is 3.65. The molecule has 0 aromatic heterocycles. The van der Waals surface area contributed by atoms with Crippen molar-refractivity contribution in [2.75, 3.05) is 10.5 Å². The first-order valence-corrected chi connectivity index (χ1v) is 12.8. The maximum absolute atomic E-state index is 3.65. The Hall–Kier alpha value is -2.90. The Balaban J connectivity index is 1.77. The number of hydrogen-bond donors (Lipinski definition) is 2. The number of allylic oxidation sites excluding steroid dienone is 1. The summed E-state index contributed by atoms with van der Waals surface area (Å²) in [6.07, 6.45) is 2.19. The monoisotopic (exact) mass is 366 g/mol. The van der Waals surface area contributed by atoms with E-state index < -0.39 is 8.07 Å². The summed E-state index contributed by atoms with van der Waals surface area (Å²) in [6.45, 7) is 6.78. The summed E-state index contributed by atoms with van der Waals surface area (Å²) in [4.78, 5) is 0. The number of anilines is 2. The van der Waals surface area contributed by atoms with Gasteiger partial charge in [0.1, 0.15) is 8.07 Å². The molecule has 2 nitrogen and oxygen atoms in total. The molecule has 0 atom stereocenters. The highest BCUT2D eigenvalue weighted by Crippen LogP contribution is 2.35. The predicted octanol–water partition coefficient (Wildman–Crippen LogP) is 5.67. The van der Waals surface area contributed by atoms with Crippen molar-refractivity contribution < 1.29 is 0 Å². The SMILES string of the molecule is C[Si](C)(C)C#C/C(=C\c1ccccc1)B1Nc2cccc3cccc(c23)N1. The molecule has 1 heterocycles. The van der Waals surface area contributed by atoms with Crippen molar-refractivity contribution in [3.8, 4) is 11.5 Å². The van der Waals surface area contributed by atoms with E-state index in [-0.39, 0.29) is 6.98 Å².